The highest BCUT2D eigenvalue weighted by atomic mass is 32.1. The van der Waals surface area contributed by atoms with E-state index in [0.717, 1.165) is 38.4 Å². The van der Waals surface area contributed by atoms with Gasteiger partial charge in [0.1, 0.15) is 23.0 Å². The molecule has 0 bridgehead atoms. The fourth-order valence-electron chi connectivity index (χ4n) is 3.97. The lowest BCUT2D eigenvalue weighted by Crippen LogP contribution is -2.26. The minimum Gasteiger partial charge on any atom is -0.497 e. The molecule has 1 N–H and O–H groups in total. The van der Waals surface area contributed by atoms with Crippen LogP contribution in [0.4, 0.5) is 0 Å². The van der Waals surface area contributed by atoms with Crippen molar-refractivity contribution in [2.24, 2.45) is 0 Å². The summed E-state index contributed by atoms with van der Waals surface area (Å²) >= 11 is 1.56. The second-order valence-electron chi connectivity index (χ2n) is 8.09. The van der Waals surface area contributed by atoms with Gasteiger partial charge in [0.05, 0.1) is 26.5 Å². The summed E-state index contributed by atoms with van der Waals surface area (Å²) in [5.41, 5.74) is 2.51. The Hall–Kier alpha value is -3.56. The van der Waals surface area contributed by atoms with E-state index in [9.17, 15) is 9.90 Å². The second kappa shape index (κ2) is 11.5. The molecule has 190 valence electrons. The van der Waals surface area contributed by atoms with E-state index in [2.05, 4.69) is 4.98 Å². The third kappa shape index (κ3) is 5.63. The van der Waals surface area contributed by atoms with E-state index >= 15 is 0 Å². The molecule has 0 aliphatic rings. The first kappa shape index (κ1) is 25.5. The van der Waals surface area contributed by atoms with E-state index in [-0.39, 0.29) is 0 Å². The summed E-state index contributed by atoms with van der Waals surface area (Å²) in [4.78, 5) is 16.2. The first-order valence-corrected chi connectivity index (χ1v) is 12.5. The first-order valence-electron chi connectivity index (χ1n) is 11.6. The van der Waals surface area contributed by atoms with E-state index in [4.69, 9.17) is 23.4 Å². The third-order valence-corrected chi connectivity index (χ3v) is 6.78. The van der Waals surface area contributed by atoms with Gasteiger partial charge in [-0.25, -0.2) is 9.78 Å². The molecule has 0 aliphatic carbocycles. The quantitative estimate of drug-likeness (QED) is 0.265. The Kier molecular flexibility index (Phi) is 8.12. The normalized spacial score (nSPS) is 12.0. The molecule has 9 heteroatoms. The molecule has 0 spiro atoms. The average molecular weight is 512 g/mol. The lowest BCUT2D eigenvalue weighted by Gasteiger charge is -2.14. The highest BCUT2D eigenvalue weighted by Crippen LogP contribution is 2.34. The van der Waals surface area contributed by atoms with Crippen molar-refractivity contribution in [1.29, 1.82) is 0 Å². The Morgan fingerprint density at radius 2 is 1.89 bits per heavy atom. The minimum atomic E-state index is -0.961. The zero-order chi connectivity index (χ0) is 25.7. The number of aryl methyl sites for hydroxylation is 1. The summed E-state index contributed by atoms with van der Waals surface area (Å²) in [5, 5.41) is 12.4. The largest absolute Gasteiger partial charge is 0.497 e. The van der Waals surface area contributed by atoms with Crippen LogP contribution in [0.3, 0.4) is 0 Å². The standard InChI is InChI=1S/C27H29NO7S/c1-5-33-24(27(29)30)14-17-6-7-23(21-9-11-36-25(17)21)34-10-8-22-16(2)35-26(28-22)18-12-19(31-3)15-20(13-18)32-4/h6-7,9,11-13,15,24H,5,8,10,14H2,1-4H3,(H,29,30). The highest BCUT2D eigenvalue weighted by Gasteiger charge is 2.21. The molecule has 0 radical (unpaired) electrons. The van der Waals surface area contributed by atoms with Crippen LogP contribution >= 0.6 is 11.3 Å². The maximum atomic E-state index is 11.5. The second-order valence-corrected chi connectivity index (χ2v) is 9.01. The molecule has 4 rings (SSSR count). The first-order chi connectivity index (χ1) is 17.4. The molecule has 2 heterocycles. The number of nitrogens with zero attached hydrogens (tertiary/aromatic N) is 1. The van der Waals surface area contributed by atoms with E-state index in [1.165, 1.54) is 0 Å². The van der Waals surface area contributed by atoms with Crippen LogP contribution in [-0.4, -0.2) is 49.6 Å². The molecule has 2 aromatic heterocycles. The maximum absolute atomic E-state index is 11.5. The van der Waals surface area contributed by atoms with E-state index < -0.39 is 12.1 Å². The maximum Gasteiger partial charge on any atom is 0.333 e. The van der Waals surface area contributed by atoms with Crippen LogP contribution in [0.5, 0.6) is 17.2 Å². The van der Waals surface area contributed by atoms with Gasteiger partial charge < -0.3 is 28.5 Å². The van der Waals surface area contributed by atoms with Crippen LogP contribution < -0.4 is 14.2 Å². The lowest BCUT2D eigenvalue weighted by atomic mass is 10.1. The Balaban J connectivity index is 1.47. The van der Waals surface area contributed by atoms with Gasteiger partial charge in [0, 0.05) is 41.2 Å². The van der Waals surface area contributed by atoms with Gasteiger partial charge in [0.2, 0.25) is 5.89 Å². The molecule has 1 atom stereocenters. The number of benzene rings is 2. The number of hydrogen-bond acceptors (Lipinski definition) is 8. The van der Waals surface area contributed by atoms with Crippen molar-refractivity contribution in [1.82, 2.24) is 4.98 Å². The summed E-state index contributed by atoms with van der Waals surface area (Å²) in [6.45, 7) is 4.43. The van der Waals surface area contributed by atoms with Gasteiger partial charge >= 0.3 is 5.97 Å². The summed E-state index contributed by atoms with van der Waals surface area (Å²) < 4.78 is 29.1. The number of aromatic nitrogens is 1. The van der Waals surface area contributed by atoms with Gasteiger partial charge in [-0.2, -0.15) is 0 Å². The number of carbonyl (C=O) groups is 1. The number of fused-ring (bicyclic) bond motifs is 1. The SMILES string of the molecule is CCOC(Cc1ccc(OCCc2nc(-c3cc(OC)cc(OC)c3)oc2C)c2ccsc12)C(=O)O. The monoisotopic (exact) mass is 511 g/mol. The van der Waals surface area contributed by atoms with Crippen molar-refractivity contribution in [2.75, 3.05) is 27.4 Å². The number of hydrogen-bond donors (Lipinski definition) is 1. The number of rotatable bonds is 12. The van der Waals surface area contributed by atoms with Crippen molar-refractivity contribution >= 4 is 27.4 Å². The summed E-state index contributed by atoms with van der Waals surface area (Å²) in [5.74, 6) is 2.32. The number of aliphatic carboxylic acids is 1. The van der Waals surface area contributed by atoms with Crippen molar-refractivity contribution in [2.45, 2.75) is 32.8 Å². The zero-order valence-corrected chi connectivity index (χ0v) is 21.5. The Morgan fingerprint density at radius 1 is 1.14 bits per heavy atom. The van der Waals surface area contributed by atoms with Crippen molar-refractivity contribution in [3.63, 3.8) is 0 Å². The smallest absolute Gasteiger partial charge is 0.333 e. The van der Waals surface area contributed by atoms with Crippen LogP contribution in [-0.2, 0) is 22.4 Å². The summed E-state index contributed by atoms with van der Waals surface area (Å²) in [7, 11) is 3.20. The molecule has 4 aromatic rings. The van der Waals surface area contributed by atoms with Gasteiger partial charge in [0.25, 0.3) is 0 Å². The number of carboxylic acids is 1. The van der Waals surface area contributed by atoms with Gasteiger partial charge in [-0.3, -0.25) is 0 Å². The van der Waals surface area contributed by atoms with Crippen molar-refractivity contribution < 1.29 is 33.3 Å². The van der Waals surface area contributed by atoms with Crippen LogP contribution in [0.15, 0.2) is 46.2 Å². The summed E-state index contributed by atoms with van der Waals surface area (Å²) in [6.07, 6.45) is -0.00737. The number of carboxylic acid groups (broad SMARTS) is 1. The number of oxazole rings is 1. The number of methoxy groups -OCH3 is 2. The fourth-order valence-corrected chi connectivity index (χ4v) is 4.91. The highest BCUT2D eigenvalue weighted by molar-refractivity contribution is 7.17. The van der Waals surface area contributed by atoms with Gasteiger partial charge in [-0.05, 0) is 49.1 Å². The van der Waals surface area contributed by atoms with Crippen molar-refractivity contribution in [3.8, 4) is 28.7 Å². The molecular formula is C27H29NO7S. The van der Waals surface area contributed by atoms with Crippen LogP contribution in [0.2, 0.25) is 0 Å². The Morgan fingerprint density at radius 3 is 2.56 bits per heavy atom. The van der Waals surface area contributed by atoms with E-state index in [1.807, 2.05) is 42.6 Å². The van der Waals surface area contributed by atoms with Crippen molar-refractivity contribution in [3.05, 3.63) is 58.8 Å². The van der Waals surface area contributed by atoms with Crippen LogP contribution in [0, 0.1) is 6.92 Å². The van der Waals surface area contributed by atoms with Crippen LogP contribution in [0.25, 0.3) is 21.5 Å². The molecule has 36 heavy (non-hydrogen) atoms. The fraction of sp³-hybridized carbons (Fsp3) is 0.333. The molecule has 0 saturated heterocycles. The molecular weight excluding hydrogens is 482 g/mol. The average Bonchev–Trinajstić information content (AvgIpc) is 3.52. The molecule has 0 aliphatic heterocycles. The number of ether oxygens (including phenoxy) is 4. The topological polar surface area (TPSA) is 100 Å². The molecule has 1 unspecified atom stereocenters. The van der Waals surface area contributed by atoms with Gasteiger partial charge in [0.15, 0.2) is 6.10 Å². The van der Waals surface area contributed by atoms with Gasteiger partial charge in [-0.15, -0.1) is 11.3 Å². The summed E-state index contributed by atoms with van der Waals surface area (Å²) in [6, 6.07) is 11.3. The predicted molar refractivity (Wildman–Crippen MR) is 138 cm³/mol. The Labute approximate surface area is 213 Å². The van der Waals surface area contributed by atoms with E-state index in [0.29, 0.717) is 43.4 Å². The lowest BCUT2D eigenvalue weighted by molar-refractivity contribution is -0.149. The molecule has 0 saturated carbocycles. The molecule has 2 aromatic carbocycles. The Bertz CT molecular complexity index is 1320. The zero-order valence-electron chi connectivity index (χ0n) is 20.7. The van der Waals surface area contributed by atoms with Gasteiger partial charge in [-0.1, -0.05) is 6.07 Å². The minimum absolute atomic E-state index is 0.302. The predicted octanol–water partition coefficient (Wildman–Crippen LogP) is 5.54. The molecule has 0 amide bonds. The molecule has 8 nitrogen and oxygen atoms in total. The molecule has 0 fully saturated rings. The number of thiophene rings is 1. The third-order valence-electron chi connectivity index (χ3n) is 5.79. The van der Waals surface area contributed by atoms with E-state index in [1.54, 1.807) is 38.5 Å². The van der Waals surface area contributed by atoms with Crippen LogP contribution in [0.1, 0.15) is 23.9 Å².